The Morgan fingerprint density at radius 1 is 1.31 bits per heavy atom. The lowest BCUT2D eigenvalue weighted by atomic mass is 10.0. The van der Waals surface area contributed by atoms with Crippen LogP contribution < -0.4 is 26.8 Å². The summed E-state index contributed by atoms with van der Waals surface area (Å²) in [5.74, 6) is 0. The molecule has 66 valence electrons. The van der Waals surface area contributed by atoms with Gasteiger partial charge in [0.2, 0.25) is 0 Å². The van der Waals surface area contributed by atoms with Crippen molar-refractivity contribution in [1.29, 1.82) is 0 Å². The number of rotatable bonds is 0. The van der Waals surface area contributed by atoms with Crippen LogP contribution in [-0.2, 0) is 0 Å². The zero-order valence-corrected chi connectivity index (χ0v) is 6.91. The number of nitrogens with zero attached hydrogens (tertiary/aromatic N) is 2. The van der Waals surface area contributed by atoms with Crippen molar-refractivity contribution in [3.05, 3.63) is 22.8 Å². The number of hydrogen-bond acceptors (Lipinski definition) is 5. The summed E-state index contributed by atoms with van der Waals surface area (Å²) in [7, 11) is 0. The average Bonchev–Trinajstić information content (AvgIpc) is 2.65. The highest BCUT2D eigenvalue weighted by Gasteiger charge is 2.21. The van der Waals surface area contributed by atoms with Crippen LogP contribution in [0.4, 0.5) is 0 Å². The van der Waals surface area contributed by atoms with Gasteiger partial charge in [-0.1, -0.05) is 6.08 Å². The molecule has 0 aromatic carbocycles. The van der Waals surface area contributed by atoms with Crippen LogP contribution in [0.15, 0.2) is 12.4 Å². The van der Waals surface area contributed by atoms with Gasteiger partial charge in [-0.3, -0.25) is 0 Å². The zero-order valence-electron chi connectivity index (χ0n) is 6.91. The third-order valence-electron chi connectivity index (χ3n) is 2.42. The molecule has 0 spiro atoms. The fourth-order valence-corrected chi connectivity index (χ4v) is 1.74. The first kappa shape index (κ1) is 6.99. The SMILES string of the molecule is C1=c2cnncc2=C2NNNC2C1. The van der Waals surface area contributed by atoms with Crippen molar-refractivity contribution in [2.24, 2.45) is 0 Å². The molecular formula is C8H9N5. The van der Waals surface area contributed by atoms with Gasteiger partial charge in [0.25, 0.3) is 0 Å². The minimum atomic E-state index is 0.344. The van der Waals surface area contributed by atoms with Crippen LogP contribution in [0, 0.1) is 0 Å². The van der Waals surface area contributed by atoms with Crippen LogP contribution in [0.25, 0.3) is 11.8 Å². The summed E-state index contributed by atoms with van der Waals surface area (Å²) in [6.45, 7) is 0. The number of fused-ring (bicyclic) bond motifs is 2. The molecule has 0 radical (unpaired) electrons. The van der Waals surface area contributed by atoms with E-state index < -0.39 is 0 Å². The first-order valence-corrected chi connectivity index (χ1v) is 4.23. The summed E-state index contributed by atoms with van der Waals surface area (Å²) < 4.78 is 0. The summed E-state index contributed by atoms with van der Waals surface area (Å²) in [5.41, 5.74) is 10.3. The zero-order chi connectivity index (χ0) is 8.67. The molecule has 5 nitrogen and oxygen atoms in total. The first-order valence-electron chi connectivity index (χ1n) is 4.23. The molecule has 2 aliphatic rings. The highest BCUT2D eigenvalue weighted by molar-refractivity contribution is 5.55. The third kappa shape index (κ3) is 0.944. The predicted molar refractivity (Wildman–Crippen MR) is 47.0 cm³/mol. The Morgan fingerprint density at radius 3 is 3.23 bits per heavy atom. The molecule has 1 saturated heterocycles. The summed E-state index contributed by atoms with van der Waals surface area (Å²) >= 11 is 0. The monoisotopic (exact) mass is 175 g/mol. The van der Waals surface area contributed by atoms with Crippen molar-refractivity contribution in [2.45, 2.75) is 12.5 Å². The van der Waals surface area contributed by atoms with Crippen molar-refractivity contribution in [1.82, 2.24) is 26.6 Å². The lowest BCUT2D eigenvalue weighted by Crippen LogP contribution is -2.38. The minimum absolute atomic E-state index is 0.344. The molecule has 13 heavy (non-hydrogen) atoms. The second-order valence-electron chi connectivity index (χ2n) is 3.16. The van der Waals surface area contributed by atoms with Gasteiger partial charge in [0, 0.05) is 10.4 Å². The van der Waals surface area contributed by atoms with Crippen LogP contribution in [0.5, 0.6) is 0 Å². The van der Waals surface area contributed by atoms with E-state index in [0.717, 1.165) is 22.6 Å². The molecule has 1 unspecified atom stereocenters. The Balaban J connectivity index is 2.38. The van der Waals surface area contributed by atoms with E-state index in [4.69, 9.17) is 0 Å². The predicted octanol–water partition coefficient (Wildman–Crippen LogP) is -2.25. The molecule has 3 N–H and O–H groups in total. The van der Waals surface area contributed by atoms with Crippen molar-refractivity contribution in [3.8, 4) is 0 Å². The van der Waals surface area contributed by atoms with E-state index in [1.54, 1.807) is 12.4 Å². The fourth-order valence-electron chi connectivity index (χ4n) is 1.74. The van der Waals surface area contributed by atoms with E-state index in [1.165, 1.54) is 0 Å². The molecule has 2 heterocycles. The van der Waals surface area contributed by atoms with Crippen molar-refractivity contribution >= 4 is 11.8 Å². The van der Waals surface area contributed by atoms with Gasteiger partial charge in [0.15, 0.2) is 0 Å². The van der Waals surface area contributed by atoms with E-state index in [-0.39, 0.29) is 0 Å². The average molecular weight is 175 g/mol. The van der Waals surface area contributed by atoms with Gasteiger partial charge in [-0.05, 0) is 6.42 Å². The van der Waals surface area contributed by atoms with Crippen molar-refractivity contribution in [2.75, 3.05) is 0 Å². The number of hydrazine groups is 2. The second-order valence-corrected chi connectivity index (χ2v) is 3.16. The van der Waals surface area contributed by atoms with Gasteiger partial charge in [0.1, 0.15) is 0 Å². The maximum absolute atomic E-state index is 3.87. The molecule has 1 atom stereocenters. The van der Waals surface area contributed by atoms with Crippen LogP contribution in [0.2, 0.25) is 0 Å². The van der Waals surface area contributed by atoms with E-state index >= 15 is 0 Å². The molecule has 1 fully saturated rings. The summed E-state index contributed by atoms with van der Waals surface area (Å²) in [4.78, 5) is 0. The Labute approximate surface area is 74.5 Å². The van der Waals surface area contributed by atoms with Crippen LogP contribution in [-0.4, -0.2) is 16.2 Å². The molecule has 5 heteroatoms. The standard InChI is InChI=1S/C8H9N5/c1-2-7-8(12-13-11-7)6-4-10-9-3-5(1)6/h1,3-4,7,11-13H,2H2. The molecule has 0 amide bonds. The van der Waals surface area contributed by atoms with Crippen molar-refractivity contribution < 1.29 is 0 Å². The Bertz CT molecular complexity index is 452. The van der Waals surface area contributed by atoms with Gasteiger partial charge in [-0.15, -0.1) is 0 Å². The molecule has 1 aliphatic heterocycles. The number of nitrogens with one attached hydrogen (secondary N) is 3. The van der Waals surface area contributed by atoms with Gasteiger partial charge >= 0.3 is 0 Å². The molecule has 1 aliphatic carbocycles. The molecular weight excluding hydrogens is 166 g/mol. The lowest BCUT2D eigenvalue weighted by Gasteiger charge is -2.10. The molecule has 1 aromatic rings. The normalized spacial score (nSPS) is 24.3. The summed E-state index contributed by atoms with van der Waals surface area (Å²) in [5, 5.41) is 10.0. The Hall–Kier alpha value is -1.46. The van der Waals surface area contributed by atoms with Crippen molar-refractivity contribution in [3.63, 3.8) is 0 Å². The van der Waals surface area contributed by atoms with E-state index in [1.807, 2.05) is 0 Å². The topological polar surface area (TPSA) is 61.9 Å². The maximum atomic E-state index is 3.87. The largest absolute Gasteiger partial charge is 0.310 e. The van der Waals surface area contributed by atoms with Gasteiger partial charge in [-0.2, -0.15) is 15.7 Å². The molecule has 0 saturated carbocycles. The molecule has 1 aromatic heterocycles. The maximum Gasteiger partial charge on any atom is 0.0682 e. The van der Waals surface area contributed by atoms with E-state index in [0.29, 0.717) is 6.04 Å². The van der Waals surface area contributed by atoms with Crippen LogP contribution in [0.3, 0.4) is 0 Å². The number of hydrogen-bond donors (Lipinski definition) is 3. The van der Waals surface area contributed by atoms with Gasteiger partial charge < -0.3 is 5.43 Å². The highest BCUT2D eigenvalue weighted by atomic mass is 15.6. The highest BCUT2D eigenvalue weighted by Crippen LogP contribution is 2.07. The third-order valence-corrected chi connectivity index (χ3v) is 2.42. The van der Waals surface area contributed by atoms with Gasteiger partial charge in [-0.25, -0.2) is 5.43 Å². The summed E-state index contributed by atoms with van der Waals surface area (Å²) in [6.07, 6.45) is 6.72. The first-order chi connectivity index (χ1) is 6.45. The van der Waals surface area contributed by atoms with Gasteiger partial charge in [0.05, 0.1) is 24.1 Å². The smallest absolute Gasteiger partial charge is 0.0682 e. The summed E-state index contributed by atoms with van der Waals surface area (Å²) in [6, 6.07) is 0.344. The minimum Gasteiger partial charge on any atom is -0.310 e. The Morgan fingerprint density at radius 2 is 2.23 bits per heavy atom. The fraction of sp³-hybridized carbons (Fsp3) is 0.250. The van der Waals surface area contributed by atoms with Crippen LogP contribution >= 0.6 is 0 Å². The lowest BCUT2D eigenvalue weighted by molar-refractivity contribution is 0.550. The number of aromatic nitrogens is 2. The Kier molecular flexibility index (Phi) is 1.35. The molecule has 3 rings (SSSR count). The second kappa shape index (κ2) is 2.51. The molecule has 0 bridgehead atoms. The van der Waals surface area contributed by atoms with E-state index in [9.17, 15) is 0 Å². The quantitative estimate of drug-likeness (QED) is 0.416. The van der Waals surface area contributed by atoms with E-state index in [2.05, 4.69) is 32.7 Å². The van der Waals surface area contributed by atoms with Crippen LogP contribution in [0.1, 0.15) is 6.42 Å².